The van der Waals surface area contributed by atoms with Crippen molar-refractivity contribution >= 4 is 28.9 Å². The molecular weight excluding hydrogens is 363 g/mol. The van der Waals surface area contributed by atoms with E-state index in [2.05, 4.69) is 35.8 Å². The average Bonchev–Trinajstić information content (AvgIpc) is 3.05. The van der Waals surface area contributed by atoms with Gasteiger partial charge in [0.05, 0.1) is 15.7 Å². The van der Waals surface area contributed by atoms with E-state index in [1.165, 1.54) is 48.2 Å². The van der Waals surface area contributed by atoms with Crippen molar-refractivity contribution in [3.63, 3.8) is 0 Å². The summed E-state index contributed by atoms with van der Waals surface area (Å²) in [5.74, 6) is 0.556. The number of rotatable bonds is 4. The molecule has 0 bridgehead atoms. The first-order chi connectivity index (χ1) is 12.5. The zero-order valence-corrected chi connectivity index (χ0v) is 17.1. The molecule has 0 N–H and O–H groups in total. The maximum absolute atomic E-state index is 6.35. The van der Waals surface area contributed by atoms with Gasteiger partial charge >= 0.3 is 0 Å². The van der Waals surface area contributed by atoms with Crippen LogP contribution in [-0.2, 0) is 6.54 Å². The SMILES string of the molecule is Cc1cc(C2CN(c3c(Cl)cccc3Cl)C2)cc(C)c1CN1CCCC1. The van der Waals surface area contributed by atoms with Gasteiger partial charge in [-0.05, 0) is 74.2 Å². The Kier molecular flexibility index (Phi) is 5.18. The van der Waals surface area contributed by atoms with E-state index in [-0.39, 0.29) is 0 Å². The van der Waals surface area contributed by atoms with Crippen LogP contribution in [0.15, 0.2) is 30.3 Å². The molecule has 2 aromatic rings. The largest absolute Gasteiger partial charge is 0.368 e. The number of halogens is 2. The monoisotopic (exact) mass is 388 g/mol. The first kappa shape index (κ1) is 18.2. The van der Waals surface area contributed by atoms with Crippen LogP contribution in [0.3, 0.4) is 0 Å². The van der Waals surface area contributed by atoms with E-state index in [4.69, 9.17) is 23.2 Å². The van der Waals surface area contributed by atoms with Gasteiger partial charge in [0.2, 0.25) is 0 Å². The molecule has 2 heterocycles. The molecule has 0 aromatic heterocycles. The Morgan fingerprint density at radius 3 is 2.12 bits per heavy atom. The van der Waals surface area contributed by atoms with Gasteiger partial charge in [0.25, 0.3) is 0 Å². The second-order valence-electron chi connectivity index (χ2n) is 7.79. The van der Waals surface area contributed by atoms with E-state index in [1.807, 2.05) is 18.2 Å². The molecule has 0 saturated carbocycles. The maximum atomic E-state index is 6.35. The Bertz CT molecular complexity index is 763. The number of hydrogen-bond acceptors (Lipinski definition) is 2. The molecule has 4 rings (SSSR count). The Morgan fingerprint density at radius 2 is 1.54 bits per heavy atom. The number of anilines is 1. The molecule has 0 atom stereocenters. The standard InChI is InChI=1S/C22H26Cl2N2/c1-15-10-17(11-16(2)19(15)14-25-8-3-4-9-25)18-12-26(13-18)22-20(23)6-5-7-21(22)24/h5-7,10-11,18H,3-4,8-9,12-14H2,1-2H3. The molecule has 2 aromatic carbocycles. The van der Waals surface area contributed by atoms with Crippen LogP contribution in [0.25, 0.3) is 0 Å². The van der Waals surface area contributed by atoms with Crippen LogP contribution >= 0.6 is 23.2 Å². The molecule has 2 aliphatic rings. The third-order valence-electron chi connectivity index (χ3n) is 5.91. The van der Waals surface area contributed by atoms with Gasteiger partial charge in [-0.15, -0.1) is 0 Å². The predicted octanol–water partition coefficient (Wildman–Crippen LogP) is 5.81. The van der Waals surface area contributed by atoms with Crippen molar-refractivity contribution < 1.29 is 0 Å². The van der Waals surface area contributed by atoms with Crippen molar-refractivity contribution in [2.45, 2.75) is 39.2 Å². The molecule has 2 fully saturated rings. The summed E-state index contributed by atoms with van der Waals surface area (Å²) >= 11 is 12.7. The van der Waals surface area contributed by atoms with E-state index in [9.17, 15) is 0 Å². The van der Waals surface area contributed by atoms with Gasteiger partial charge < -0.3 is 4.90 Å². The van der Waals surface area contributed by atoms with Crippen LogP contribution in [0.1, 0.15) is 41.0 Å². The summed E-state index contributed by atoms with van der Waals surface area (Å²) in [5, 5.41) is 1.48. The zero-order chi connectivity index (χ0) is 18.3. The average molecular weight is 389 g/mol. The minimum atomic E-state index is 0.556. The number of nitrogens with zero attached hydrogens (tertiary/aromatic N) is 2. The van der Waals surface area contributed by atoms with Gasteiger partial charge in [-0.2, -0.15) is 0 Å². The summed E-state index contributed by atoms with van der Waals surface area (Å²) in [7, 11) is 0. The maximum Gasteiger partial charge on any atom is 0.0745 e. The Labute approximate surface area is 166 Å². The molecule has 0 amide bonds. The van der Waals surface area contributed by atoms with Gasteiger partial charge in [-0.1, -0.05) is 41.4 Å². The topological polar surface area (TPSA) is 6.48 Å². The van der Waals surface area contributed by atoms with E-state index in [0.717, 1.165) is 35.4 Å². The molecular formula is C22H26Cl2N2. The van der Waals surface area contributed by atoms with Crippen LogP contribution in [0.2, 0.25) is 10.0 Å². The van der Waals surface area contributed by atoms with E-state index in [1.54, 1.807) is 0 Å². The smallest absolute Gasteiger partial charge is 0.0745 e. The molecule has 2 aliphatic heterocycles. The summed E-state index contributed by atoms with van der Waals surface area (Å²) in [6.07, 6.45) is 2.69. The minimum absolute atomic E-state index is 0.556. The summed E-state index contributed by atoms with van der Waals surface area (Å²) < 4.78 is 0. The zero-order valence-electron chi connectivity index (χ0n) is 15.6. The highest BCUT2D eigenvalue weighted by Crippen LogP contribution is 2.40. The molecule has 26 heavy (non-hydrogen) atoms. The molecule has 0 unspecified atom stereocenters. The van der Waals surface area contributed by atoms with E-state index >= 15 is 0 Å². The number of para-hydroxylation sites is 1. The Morgan fingerprint density at radius 1 is 0.962 bits per heavy atom. The lowest BCUT2D eigenvalue weighted by Crippen LogP contribution is -2.45. The van der Waals surface area contributed by atoms with Crippen molar-refractivity contribution in [2.75, 3.05) is 31.1 Å². The van der Waals surface area contributed by atoms with Crippen molar-refractivity contribution in [2.24, 2.45) is 0 Å². The number of hydrogen-bond donors (Lipinski definition) is 0. The fourth-order valence-corrected chi connectivity index (χ4v) is 4.98. The molecule has 2 saturated heterocycles. The summed E-state index contributed by atoms with van der Waals surface area (Å²) in [4.78, 5) is 4.87. The second-order valence-corrected chi connectivity index (χ2v) is 8.60. The first-order valence-corrected chi connectivity index (χ1v) is 10.3. The lowest BCUT2D eigenvalue weighted by molar-refractivity contribution is 0.330. The molecule has 0 aliphatic carbocycles. The molecule has 0 spiro atoms. The predicted molar refractivity (Wildman–Crippen MR) is 112 cm³/mol. The van der Waals surface area contributed by atoms with E-state index < -0.39 is 0 Å². The van der Waals surface area contributed by atoms with Crippen LogP contribution in [0, 0.1) is 13.8 Å². The van der Waals surface area contributed by atoms with Gasteiger partial charge in [-0.3, -0.25) is 4.90 Å². The lowest BCUT2D eigenvalue weighted by atomic mass is 9.87. The second kappa shape index (κ2) is 7.42. The van der Waals surface area contributed by atoms with Gasteiger partial charge in [0.1, 0.15) is 0 Å². The highest BCUT2D eigenvalue weighted by Gasteiger charge is 2.31. The molecule has 4 heteroatoms. The van der Waals surface area contributed by atoms with Crippen molar-refractivity contribution in [3.05, 3.63) is 62.6 Å². The highest BCUT2D eigenvalue weighted by atomic mass is 35.5. The van der Waals surface area contributed by atoms with Crippen LogP contribution in [0.5, 0.6) is 0 Å². The summed E-state index contributed by atoms with van der Waals surface area (Å²) in [5.41, 5.74) is 6.80. The van der Waals surface area contributed by atoms with Gasteiger partial charge in [0, 0.05) is 25.6 Å². The van der Waals surface area contributed by atoms with Gasteiger partial charge in [0.15, 0.2) is 0 Å². The number of benzene rings is 2. The Balaban J connectivity index is 1.48. The van der Waals surface area contributed by atoms with Crippen LogP contribution in [0.4, 0.5) is 5.69 Å². The molecule has 138 valence electrons. The van der Waals surface area contributed by atoms with Crippen molar-refractivity contribution in [1.82, 2.24) is 4.90 Å². The van der Waals surface area contributed by atoms with E-state index in [0.29, 0.717) is 5.92 Å². The third kappa shape index (κ3) is 3.47. The van der Waals surface area contributed by atoms with Crippen LogP contribution in [-0.4, -0.2) is 31.1 Å². The quantitative estimate of drug-likeness (QED) is 0.651. The summed E-state index contributed by atoms with van der Waals surface area (Å²) in [6, 6.07) is 10.5. The lowest BCUT2D eigenvalue weighted by Gasteiger charge is -2.42. The normalized spacial score (nSPS) is 18.4. The molecule has 2 nitrogen and oxygen atoms in total. The van der Waals surface area contributed by atoms with Crippen LogP contribution < -0.4 is 4.90 Å². The van der Waals surface area contributed by atoms with Crippen molar-refractivity contribution in [1.29, 1.82) is 0 Å². The van der Waals surface area contributed by atoms with Gasteiger partial charge in [-0.25, -0.2) is 0 Å². The minimum Gasteiger partial charge on any atom is -0.368 e. The number of aryl methyl sites for hydroxylation is 2. The van der Waals surface area contributed by atoms with Crippen molar-refractivity contribution in [3.8, 4) is 0 Å². The molecule has 0 radical (unpaired) electrons. The summed E-state index contributed by atoms with van der Waals surface area (Å²) in [6.45, 7) is 10.1. The highest BCUT2D eigenvalue weighted by molar-refractivity contribution is 6.39. The fourth-order valence-electron chi connectivity index (χ4n) is 4.34. The first-order valence-electron chi connectivity index (χ1n) is 9.54. The fraction of sp³-hybridized carbons (Fsp3) is 0.455. The Hall–Kier alpha value is -1.22. The number of likely N-dealkylation sites (tertiary alicyclic amines) is 1. The third-order valence-corrected chi connectivity index (χ3v) is 6.52.